The number of alkyl halides is 3. The quantitative estimate of drug-likeness (QED) is 0.834. The SMILES string of the molecule is NC(=O)c1cc(CF)c(CF)c(O)c1CF. The first-order chi connectivity index (χ1) is 7.56. The zero-order valence-corrected chi connectivity index (χ0v) is 8.27. The van der Waals surface area contributed by atoms with Gasteiger partial charge >= 0.3 is 0 Å². The summed E-state index contributed by atoms with van der Waals surface area (Å²) in [5, 5.41) is 9.48. The lowest BCUT2D eigenvalue weighted by Crippen LogP contribution is -2.15. The largest absolute Gasteiger partial charge is 0.507 e. The van der Waals surface area contributed by atoms with Crippen LogP contribution in [0.15, 0.2) is 6.07 Å². The molecule has 0 unspecified atom stereocenters. The Morgan fingerprint density at radius 3 is 2.12 bits per heavy atom. The van der Waals surface area contributed by atoms with Crippen molar-refractivity contribution in [3.63, 3.8) is 0 Å². The van der Waals surface area contributed by atoms with E-state index in [2.05, 4.69) is 0 Å². The first-order valence-corrected chi connectivity index (χ1v) is 4.41. The van der Waals surface area contributed by atoms with Crippen LogP contribution in [0.25, 0.3) is 0 Å². The van der Waals surface area contributed by atoms with Crippen molar-refractivity contribution in [1.82, 2.24) is 0 Å². The second-order valence-corrected chi connectivity index (χ2v) is 3.15. The predicted molar refractivity (Wildman–Crippen MR) is 51.1 cm³/mol. The first kappa shape index (κ1) is 12.4. The summed E-state index contributed by atoms with van der Waals surface area (Å²) in [4.78, 5) is 10.9. The van der Waals surface area contributed by atoms with E-state index in [-0.39, 0.29) is 16.7 Å². The van der Waals surface area contributed by atoms with Crippen molar-refractivity contribution in [3.05, 3.63) is 28.3 Å². The predicted octanol–water partition coefficient (Wildman–Crippen LogP) is 1.90. The van der Waals surface area contributed by atoms with Gasteiger partial charge in [-0.3, -0.25) is 4.79 Å². The number of carbonyl (C=O) groups excluding carboxylic acids is 1. The molecule has 0 heterocycles. The smallest absolute Gasteiger partial charge is 0.249 e. The Kier molecular flexibility index (Phi) is 3.76. The van der Waals surface area contributed by atoms with Crippen LogP contribution in [0.5, 0.6) is 5.75 Å². The van der Waals surface area contributed by atoms with E-state index in [4.69, 9.17) is 5.73 Å². The van der Waals surface area contributed by atoms with Gasteiger partial charge in [0.25, 0.3) is 0 Å². The molecule has 0 bridgehead atoms. The molecule has 0 aromatic heterocycles. The highest BCUT2D eigenvalue weighted by molar-refractivity contribution is 5.95. The molecule has 0 radical (unpaired) electrons. The minimum Gasteiger partial charge on any atom is -0.507 e. The molecule has 1 aromatic rings. The lowest BCUT2D eigenvalue weighted by molar-refractivity contribution is 0.0998. The van der Waals surface area contributed by atoms with Crippen molar-refractivity contribution in [2.45, 2.75) is 20.0 Å². The topological polar surface area (TPSA) is 63.3 Å². The van der Waals surface area contributed by atoms with E-state index in [9.17, 15) is 23.1 Å². The van der Waals surface area contributed by atoms with Crippen LogP contribution in [0.2, 0.25) is 0 Å². The van der Waals surface area contributed by atoms with Crippen LogP contribution in [0, 0.1) is 0 Å². The summed E-state index contributed by atoms with van der Waals surface area (Å²) in [6.07, 6.45) is 0. The maximum atomic E-state index is 12.6. The third-order valence-electron chi connectivity index (χ3n) is 2.28. The summed E-state index contributed by atoms with van der Waals surface area (Å²) >= 11 is 0. The molecule has 16 heavy (non-hydrogen) atoms. The fraction of sp³-hybridized carbons (Fsp3) is 0.300. The summed E-state index contributed by atoms with van der Waals surface area (Å²) in [5.74, 6) is -1.74. The molecule has 1 aromatic carbocycles. The van der Waals surface area contributed by atoms with Crippen LogP contribution >= 0.6 is 0 Å². The zero-order valence-electron chi connectivity index (χ0n) is 8.27. The second-order valence-electron chi connectivity index (χ2n) is 3.15. The highest BCUT2D eigenvalue weighted by atomic mass is 19.1. The number of rotatable bonds is 4. The van der Waals surface area contributed by atoms with Crippen molar-refractivity contribution in [3.8, 4) is 5.75 Å². The number of carbonyl (C=O) groups is 1. The number of halogens is 3. The van der Waals surface area contributed by atoms with Gasteiger partial charge in [0.15, 0.2) is 0 Å². The minimum absolute atomic E-state index is 0.203. The highest BCUT2D eigenvalue weighted by Crippen LogP contribution is 2.31. The van der Waals surface area contributed by atoms with Gasteiger partial charge in [0.2, 0.25) is 5.91 Å². The molecule has 0 aliphatic heterocycles. The number of primary amides is 1. The van der Waals surface area contributed by atoms with Crippen molar-refractivity contribution in [1.29, 1.82) is 0 Å². The fourth-order valence-corrected chi connectivity index (χ4v) is 1.43. The van der Waals surface area contributed by atoms with Crippen LogP contribution < -0.4 is 5.73 Å². The van der Waals surface area contributed by atoms with Gasteiger partial charge in [-0.25, -0.2) is 13.2 Å². The molecule has 0 aliphatic rings. The molecule has 3 N–H and O–H groups in total. The van der Waals surface area contributed by atoms with E-state index in [1.807, 2.05) is 0 Å². The summed E-state index contributed by atoms with van der Waals surface area (Å²) in [6, 6.07) is 0.964. The Balaban J connectivity index is 3.54. The first-order valence-electron chi connectivity index (χ1n) is 4.41. The molecule has 0 spiro atoms. The number of hydrogen-bond acceptors (Lipinski definition) is 2. The van der Waals surface area contributed by atoms with Crippen molar-refractivity contribution < 1.29 is 23.1 Å². The van der Waals surface area contributed by atoms with Gasteiger partial charge in [-0.1, -0.05) is 0 Å². The molecule has 88 valence electrons. The molecule has 1 amide bonds. The lowest BCUT2D eigenvalue weighted by Gasteiger charge is -2.12. The molecule has 3 nitrogen and oxygen atoms in total. The molecular weight excluding hydrogens is 223 g/mol. The monoisotopic (exact) mass is 233 g/mol. The normalized spacial score (nSPS) is 10.4. The molecule has 0 saturated heterocycles. The maximum Gasteiger partial charge on any atom is 0.249 e. The third kappa shape index (κ3) is 1.95. The molecule has 0 aliphatic carbocycles. The number of phenolic OH excluding ortho intramolecular Hbond substituents is 1. The molecule has 0 atom stereocenters. The van der Waals surface area contributed by atoms with Crippen LogP contribution in [-0.2, 0) is 20.0 Å². The number of phenols is 1. The Labute approximate surface area is 89.7 Å². The second kappa shape index (κ2) is 4.87. The molecule has 0 fully saturated rings. The summed E-state index contributed by atoms with van der Waals surface area (Å²) in [6.45, 7) is -3.39. The van der Waals surface area contributed by atoms with Gasteiger partial charge in [0.05, 0.1) is 0 Å². The molecule has 6 heteroatoms. The van der Waals surface area contributed by atoms with E-state index in [0.717, 1.165) is 6.07 Å². The van der Waals surface area contributed by atoms with Crippen LogP contribution in [0.3, 0.4) is 0 Å². The summed E-state index contributed by atoms with van der Waals surface area (Å²) < 4.78 is 37.6. The van der Waals surface area contributed by atoms with Crippen molar-refractivity contribution in [2.24, 2.45) is 5.73 Å². The third-order valence-corrected chi connectivity index (χ3v) is 2.28. The van der Waals surface area contributed by atoms with Crippen LogP contribution in [-0.4, -0.2) is 11.0 Å². The highest BCUT2D eigenvalue weighted by Gasteiger charge is 2.19. The fourth-order valence-electron chi connectivity index (χ4n) is 1.43. The van der Waals surface area contributed by atoms with Gasteiger partial charge in [0, 0.05) is 16.7 Å². The standard InChI is InChI=1S/C10H10F3NO2/c11-2-5-1-6(10(14)16)8(4-13)9(15)7(5)3-12/h1,15H,2-4H2,(H2,14,16). The molecule has 1 rings (SSSR count). The minimum atomic E-state index is -1.18. The number of benzene rings is 1. The van der Waals surface area contributed by atoms with Gasteiger partial charge in [-0.2, -0.15) is 0 Å². The van der Waals surface area contributed by atoms with Crippen molar-refractivity contribution in [2.75, 3.05) is 0 Å². The number of nitrogens with two attached hydrogens (primary N) is 1. The van der Waals surface area contributed by atoms with Gasteiger partial charge in [-0.15, -0.1) is 0 Å². The maximum absolute atomic E-state index is 12.6. The average molecular weight is 233 g/mol. The van der Waals surface area contributed by atoms with Crippen LogP contribution in [0.1, 0.15) is 27.0 Å². The van der Waals surface area contributed by atoms with E-state index in [1.54, 1.807) is 0 Å². The lowest BCUT2D eigenvalue weighted by atomic mass is 9.98. The van der Waals surface area contributed by atoms with E-state index in [1.165, 1.54) is 0 Å². The molecule has 0 saturated carbocycles. The Hall–Kier alpha value is -1.72. The molecular formula is C10H10F3NO2. The van der Waals surface area contributed by atoms with Gasteiger partial charge < -0.3 is 10.8 Å². The Morgan fingerprint density at radius 2 is 1.75 bits per heavy atom. The number of amides is 1. The summed E-state index contributed by atoms with van der Waals surface area (Å²) in [5.41, 5.74) is 3.66. The number of aromatic hydroxyl groups is 1. The van der Waals surface area contributed by atoms with E-state index in [0.29, 0.717) is 0 Å². The Bertz CT molecular complexity index is 421. The van der Waals surface area contributed by atoms with Gasteiger partial charge in [-0.05, 0) is 11.6 Å². The number of hydrogen-bond donors (Lipinski definition) is 2. The average Bonchev–Trinajstić information content (AvgIpc) is 2.27. The van der Waals surface area contributed by atoms with Crippen LogP contribution in [0.4, 0.5) is 13.2 Å². The van der Waals surface area contributed by atoms with E-state index < -0.39 is 37.2 Å². The van der Waals surface area contributed by atoms with Gasteiger partial charge in [0.1, 0.15) is 25.8 Å². The van der Waals surface area contributed by atoms with E-state index >= 15 is 0 Å². The van der Waals surface area contributed by atoms with Crippen molar-refractivity contribution >= 4 is 5.91 Å². The Morgan fingerprint density at radius 1 is 1.19 bits per heavy atom. The summed E-state index contributed by atoms with van der Waals surface area (Å²) in [7, 11) is 0. The zero-order chi connectivity index (χ0) is 12.3.